The summed E-state index contributed by atoms with van der Waals surface area (Å²) in [5.74, 6) is -2.51. The van der Waals surface area contributed by atoms with Crippen molar-refractivity contribution in [3.8, 4) is 0 Å². The average molecular weight is 383 g/mol. The number of likely N-dealkylation sites (N-methyl/N-ethyl adjacent to an activating group) is 2. The molecule has 5 amide bonds. The Morgan fingerprint density at radius 3 is 1.22 bits per heavy atom. The van der Waals surface area contributed by atoms with Crippen molar-refractivity contribution in [3.05, 3.63) is 0 Å². The van der Waals surface area contributed by atoms with Gasteiger partial charge in [-0.25, -0.2) is 0 Å². The van der Waals surface area contributed by atoms with Crippen LogP contribution in [0.1, 0.15) is 34.6 Å². The van der Waals surface area contributed by atoms with Crippen molar-refractivity contribution in [2.45, 2.75) is 64.8 Å². The van der Waals surface area contributed by atoms with E-state index < -0.39 is 59.7 Å². The van der Waals surface area contributed by atoms with E-state index in [1.165, 1.54) is 58.5 Å². The minimum absolute atomic E-state index is 0.465. The highest BCUT2D eigenvalue weighted by Gasteiger charge is 2.33. The summed E-state index contributed by atoms with van der Waals surface area (Å²) < 4.78 is 0. The van der Waals surface area contributed by atoms with Crippen LogP contribution in [0.3, 0.4) is 0 Å². The van der Waals surface area contributed by atoms with E-state index in [0.29, 0.717) is 0 Å². The van der Waals surface area contributed by atoms with Crippen molar-refractivity contribution in [1.82, 2.24) is 25.8 Å². The molecule has 1 saturated heterocycles. The van der Waals surface area contributed by atoms with Gasteiger partial charge in [0, 0.05) is 14.1 Å². The molecule has 1 aliphatic heterocycles. The summed E-state index contributed by atoms with van der Waals surface area (Å²) in [4.78, 5) is 64.4. The van der Waals surface area contributed by atoms with Gasteiger partial charge in [-0.15, -0.1) is 0 Å². The molecule has 0 saturated carbocycles. The molecule has 1 aliphatic rings. The number of carbonyl (C=O) groups is 5. The second-order valence-electron chi connectivity index (χ2n) is 6.94. The molecule has 0 radical (unpaired) electrons. The van der Waals surface area contributed by atoms with Crippen LogP contribution in [0.5, 0.6) is 0 Å². The molecule has 1 rings (SSSR count). The average Bonchev–Trinajstić information content (AvgIpc) is 2.62. The van der Waals surface area contributed by atoms with E-state index in [-0.39, 0.29) is 0 Å². The first-order valence-electron chi connectivity index (χ1n) is 8.82. The van der Waals surface area contributed by atoms with Gasteiger partial charge in [0.2, 0.25) is 29.5 Å². The van der Waals surface area contributed by atoms with Crippen molar-refractivity contribution < 1.29 is 24.0 Å². The Morgan fingerprint density at radius 2 is 0.852 bits per heavy atom. The maximum absolute atomic E-state index is 12.5. The summed E-state index contributed by atoms with van der Waals surface area (Å²) >= 11 is 0. The molecular weight excluding hydrogens is 354 g/mol. The smallest absolute Gasteiger partial charge is 0.245 e. The van der Waals surface area contributed by atoms with Crippen LogP contribution in [0.15, 0.2) is 0 Å². The van der Waals surface area contributed by atoms with Gasteiger partial charge in [0.05, 0.1) is 0 Å². The van der Waals surface area contributed by atoms with E-state index in [1.807, 2.05) is 0 Å². The second-order valence-corrected chi connectivity index (χ2v) is 6.94. The monoisotopic (exact) mass is 383 g/mol. The normalized spacial score (nSPS) is 32.3. The van der Waals surface area contributed by atoms with Crippen molar-refractivity contribution in [3.63, 3.8) is 0 Å². The van der Waals surface area contributed by atoms with Crippen LogP contribution >= 0.6 is 0 Å². The fourth-order valence-electron chi connectivity index (χ4n) is 2.54. The summed E-state index contributed by atoms with van der Waals surface area (Å²) in [7, 11) is 2.89. The molecule has 152 valence electrons. The lowest BCUT2D eigenvalue weighted by Gasteiger charge is -2.29. The third-order valence-corrected chi connectivity index (χ3v) is 4.83. The first-order chi connectivity index (χ1) is 12.4. The van der Waals surface area contributed by atoms with Crippen LogP contribution in [0, 0.1) is 0 Å². The molecule has 10 heteroatoms. The lowest BCUT2D eigenvalue weighted by Crippen LogP contribution is -2.55. The van der Waals surface area contributed by atoms with Crippen LogP contribution in [0.2, 0.25) is 0 Å². The second kappa shape index (κ2) is 8.83. The van der Waals surface area contributed by atoms with Crippen LogP contribution < -0.4 is 16.0 Å². The zero-order valence-corrected chi connectivity index (χ0v) is 16.8. The maximum Gasteiger partial charge on any atom is 0.245 e. The summed E-state index contributed by atoms with van der Waals surface area (Å²) in [6.45, 7) is 7.53. The van der Waals surface area contributed by atoms with Gasteiger partial charge in [-0.3, -0.25) is 24.0 Å². The zero-order valence-electron chi connectivity index (χ0n) is 16.8. The number of hydrogen-bond donors (Lipinski definition) is 3. The largest absolute Gasteiger partial charge is 0.343 e. The van der Waals surface area contributed by atoms with E-state index >= 15 is 0 Å². The third-order valence-electron chi connectivity index (χ3n) is 4.83. The number of carbonyl (C=O) groups excluding carboxylic acids is 5. The van der Waals surface area contributed by atoms with Gasteiger partial charge in [-0.2, -0.15) is 0 Å². The highest BCUT2D eigenvalue weighted by atomic mass is 16.2. The Labute approximate surface area is 159 Å². The first-order valence-corrected chi connectivity index (χ1v) is 8.82. The number of nitrogens with one attached hydrogen (secondary N) is 3. The zero-order chi connectivity index (χ0) is 21.0. The number of nitrogens with zero attached hydrogens (tertiary/aromatic N) is 2. The molecular formula is C17H29N5O5. The molecule has 0 spiro atoms. The highest BCUT2D eigenvalue weighted by molar-refractivity contribution is 5.97. The van der Waals surface area contributed by atoms with Gasteiger partial charge in [0.15, 0.2) is 0 Å². The molecule has 5 atom stereocenters. The first kappa shape index (κ1) is 22.4. The van der Waals surface area contributed by atoms with Gasteiger partial charge in [-0.1, -0.05) is 0 Å². The molecule has 1 heterocycles. The molecule has 0 unspecified atom stereocenters. The van der Waals surface area contributed by atoms with E-state index in [1.54, 1.807) is 0 Å². The van der Waals surface area contributed by atoms with Crippen LogP contribution in [-0.4, -0.2) is 83.6 Å². The maximum atomic E-state index is 12.5. The molecule has 27 heavy (non-hydrogen) atoms. The van der Waals surface area contributed by atoms with Gasteiger partial charge in [0.1, 0.15) is 30.2 Å². The summed E-state index contributed by atoms with van der Waals surface area (Å²) in [5.41, 5.74) is 0. The third kappa shape index (κ3) is 5.18. The molecule has 0 aromatic carbocycles. The number of rotatable bonds is 0. The van der Waals surface area contributed by atoms with Gasteiger partial charge < -0.3 is 25.8 Å². The van der Waals surface area contributed by atoms with Crippen molar-refractivity contribution in [2.24, 2.45) is 0 Å². The number of hydrogen-bond acceptors (Lipinski definition) is 5. The Morgan fingerprint density at radius 1 is 0.556 bits per heavy atom. The topological polar surface area (TPSA) is 128 Å². The van der Waals surface area contributed by atoms with Crippen LogP contribution in [0.25, 0.3) is 0 Å². The summed E-state index contributed by atoms with van der Waals surface area (Å²) in [5, 5.41) is 7.60. The quantitative estimate of drug-likeness (QED) is 0.455. The predicted octanol–water partition coefficient (Wildman–Crippen LogP) is -1.79. The highest BCUT2D eigenvalue weighted by Crippen LogP contribution is 2.05. The van der Waals surface area contributed by atoms with Gasteiger partial charge in [-0.05, 0) is 34.6 Å². The molecule has 3 N–H and O–H groups in total. The minimum Gasteiger partial charge on any atom is -0.343 e. The fourth-order valence-corrected chi connectivity index (χ4v) is 2.54. The van der Waals surface area contributed by atoms with Gasteiger partial charge in [0.25, 0.3) is 0 Å². The van der Waals surface area contributed by atoms with Crippen LogP contribution in [-0.2, 0) is 24.0 Å². The van der Waals surface area contributed by atoms with Crippen LogP contribution in [0.4, 0.5) is 0 Å². The van der Waals surface area contributed by atoms with Gasteiger partial charge >= 0.3 is 0 Å². The lowest BCUT2D eigenvalue weighted by molar-refractivity contribution is -0.143. The Bertz CT molecular complexity index is 637. The minimum atomic E-state index is -0.899. The van der Waals surface area contributed by atoms with Crippen molar-refractivity contribution in [2.75, 3.05) is 14.1 Å². The molecule has 0 bridgehead atoms. The summed E-state index contributed by atoms with van der Waals surface area (Å²) in [6, 6.07) is -4.37. The molecule has 0 aromatic heterocycles. The number of amides is 5. The molecule has 0 aliphatic carbocycles. The summed E-state index contributed by atoms with van der Waals surface area (Å²) in [6.07, 6.45) is 0. The fraction of sp³-hybridized carbons (Fsp3) is 0.706. The molecule has 10 nitrogen and oxygen atoms in total. The van der Waals surface area contributed by atoms with E-state index in [9.17, 15) is 24.0 Å². The Hall–Kier alpha value is -2.65. The van der Waals surface area contributed by atoms with Crippen molar-refractivity contribution >= 4 is 29.5 Å². The van der Waals surface area contributed by atoms with E-state index in [0.717, 1.165) is 0 Å². The lowest BCUT2D eigenvalue weighted by atomic mass is 10.2. The van der Waals surface area contributed by atoms with Crippen molar-refractivity contribution in [1.29, 1.82) is 0 Å². The molecule has 1 fully saturated rings. The van der Waals surface area contributed by atoms with E-state index in [4.69, 9.17) is 0 Å². The SMILES string of the molecule is C[C@@H]1NC(=O)[C@@H](C)NC(=O)[C@H](C)N(C)C(=O)[C@H](C)NC(=O)[C@H](C)N(C)C1=O. The Kier molecular flexibility index (Phi) is 7.32. The predicted molar refractivity (Wildman–Crippen MR) is 97.3 cm³/mol. The Balaban J connectivity index is 3.19. The standard InChI is InChI=1S/C17H29N5O5/c1-8-13(23)19-9(2)16(26)22(7)12(5)15(25)20-10(3)17(27)21(6)11(4)14(24)18-8/h8-12H,1-7H3,(H,18,24)(H,19,23)(H,20,25)/t8-,9+,10+,11+,12+/m1/s1. The van der Waals surface area contributed by atoms with E-state index in [2.05, 4.69) is 16.0 Å². The molecule has 0 aromatic rings.